The van der Waals surface area contributed by atoms with Crippen molar-refractivity contribution in [2.75, 3.05) is 0 Å². The van der Waals surface area contributed by atoms with Crippen molar-refractivity contribution in [2.24, 2.45) is 28.6 Å². The van der Waals surface area contributed by atoms with Crippen LogP contribution in [0.3, 0.4) is 0 Å². The molecule has 3 fully saturated rings. The van der Waals surface area contributed by atoms with Crippen LogP contribution in [0.15, 0.2) is 11.6 Å². The molecule has 230 valence electrons. The number of hydrogen-bond donors (Lipinski definition) is 6. The molecule has 3 saturated carbocycles. The fraction of sp³-hybridized carbons (Fsp3) is 0.895. The third-order valence-corrected chi connectivity index (χ3v) is 11.1. The van der Waals surface area contributed by atoms with Gasteiger partial charge in [0.25, 0.3) is 0 Å². The molecule has 0 spiro atoms. The fourth-order valence-electron chi connectivity index (χ4n) is 6.90. The Morgan fingerprint density at radius 2 is 1.18 bits per heavy atom. The number of fused-ring (bicyclic) bond motifs is 5. The highest BCUT2D eigenvalue weighted by atomic mass is 32.3. The van der Waals surface area contributed by atoms with Gasteiger partial charge in [0, 0.05) is 0 Å². The van der Waals surface area contributed by atoms with Crippen molar-refractivity contribution in [2.45, 2.75) is 77.4 Å². The number of allylic oxidation sites excluding steroid dienone is 1. The molecule has 0 aromatic carbocycles. The lowest BCUT2D eigenvalue weighted by molar-refractivity contribution is -0.0761. The highest BCUT2D eigenvalue weighted by Gasteiger charge is 2.58. The summed E-state index contributed by atoms with van der Waals surface area (Å²) in [6, 6.07) is 0. The van der Waals surface area contributed by atoms with E-state index in [1.54, 1.807) is 5.57 Å². The molecule has 7 atom stereocenters. The van der Waals surface area contributed by atoms with Crippen molar-refractivity contribution in [1.29, 1.82) is 0 Å². The predicted molar refractivity (Wildman–Crippen MR) is 132 cm³/mol. The van der Waals surface area contributed by atoms with E-state index in [2.05, 4.69) is 27.2 Å². The summed E-state index contributed by atoms with van der Waals surface area (Å²) >= 11 is 0. The molecule has 0 aromatic heterocycles. The van der Waals surface area contributed by atoms with Crippen LogP contribution in [-0.2, 0) is 48.9 Å². The molecule has 16 nitrogen and oxygen atoms in total. The van der Waals surface area contributed by atoms with Crippen LogP contribution in [0, 0.1) is 28.6 Å². The Morgan fingerprint density at radius 1 is 0.692 bits per heavy atom. The van der Waals surface area contributed by atoms with Gasteiger partial charge in [0.05, 0.1) is 12.2 Å². The predicted octanol–water partition coefficient (Wildman–Crippen LogP) is 0.888. The maximum atomic E-state index is 10.5. The third-order valence-electron chi connectivity index (χ3n) is 8.38. The molecule has 0 aromatic rings. The monoisotopic (exact) mass is 646 g/mol. The van der Waals surface area contributed by atoms with E-state index in [1.807, 2.05) is 0 Å². The van der Waals surface area contributed by atoms with Crippen LogP contribution in [0.2, 0.25) is 0 Å². The van der Waals surface area contributed by atoms with Crippen LogP contribution in [-0.4, -0.2) is 74.3 Å². The molecule has 6 N–H and O–H groups in total. The summed E-state index contributed by atoms with van der Waals surface area (Å²) in [5.74, 6) is 2.32. The largest absolute Gasteiger partial charge is 0.413 e. The SMILES string of the molecule is C[C@]12CC[C@H]3[C@@H](CCC4=C[C@@H](O)CC[C@@]43C)[C@@H]1CC[C@@H]2O.O=S(=O)(O)OS(=O)(=O)O.O=S(=O)(O)OS(=O)(=O)O. The maximum Gasteiger partial charge on any atom is 0.413 e. The van der Waals surface area contributed by atoms with Crippen molar-refractivity contribution < 1.29 is 69.4 Å². The van der Waals surface area contributed by atoms with Crippen LogP contribution >= 0.6 is 0 Å². The first-order valence-corrected chi connectivity index (χ1v) is 17.2. The van der Waals surface area contributed by atoms with E-state index in [4.69, 9.17) is 18.2 Å². The van der Waals surface area contributed by atoms with Crippen LogP contribution in [0.5, 0.6) is 0 Å². The first kappa shape index (κ1) is 34.4. The lowest BCUT2D eigenvalue weighted by Gasteiger charge is -2.58. The second-order valence-corrected chi connectivity index (χ2v) is 15.1. The molecule has 4 aliphatic rings. The average Bonchev–Trinajstić information content (AvgIpc) is 2.99. The smallest absolute Gasteiger partial charge is 0.393 e. The molecule has 0 saturated heterocycles. The van der Waals surface area contributed by atoms with Crippen LogP contribution in [0.25, 0.3) is 0 Å². The first-order valence-electron chi connectivity index (χ1n) is 11.8. The van der Waals surface area contributed by atoms with Gasteiger partial charge in [-0.3, -0.25) is 18.2 Å². The summed E-state index contributed by atoms with van der Waals surface area (Å²) < 4.78 is 111. The molecule has 0 amide bonds. The van der Waals surface area contributed by atoms with E-state index in [1.165, 1.54) is 32.1 Å². The third kappa shape index (κ3) is 9.64. The van der Waals surface area contributed by atoms with Gasteiger partial charge in [-0.1, -0.05) is 25.5 Å². The molecule has 39 heavy (non-hydrogen) atoms. The number of hydrogen-bond acceptors (Lipinski definition) is 12. The minimum atomic E-state index is -5.12. The fourth-order valence-corrected chi connectivity index (χ4v) is 8.64. The topological polar surface area (TPSA) is 276 Å². The zero-order valence-electron chi connectivity index (χ0n) is 21.0. The molecule has 0 heterocycles. The van der Waals surface area contributed by atoms with Gasteiger partial charge in [0.1, 0.15) is 0 Å². The molecule has 0 radical (unpaired) electrons. The Morgan fingerprint density at radius 3 is 1.62 bits per heavy atom. The van der Waals surface area contributed by atoms with E-state index in [9.17, 15) is 43.9 Å². The molecule has 20 heteroatoms. The first-order chi connectivity index (χ1) is 17.4. The number of aliphatic hydroxyl groups is 2. The van der Waals surface area contributed by atoms with Crippen LogP contribution in [0.4, 0.5) is 0 Å². The van der Waals surface area contributed by atoms with E-state index in [0.29, 0.717) is 5.41 Å². The van der Waals surface area contributed by atoms with E-state index in [-0.39, 0.29) is 17.6 Å². The maximum absolute atomic E-state index is 10.5. The van der Waals surface area contributed by atoms with Crippen molar-refractivity contribution in [1.82, 2.24) is 0 Å². The summed E-state index contributed by atoms with van der Waals surface area (Å²) in [6.07, 6.45) is 11.2. The summed E-state index contributed by atoms with van der Waals surface area (Å²) in [6.45, 7) is 4.82. The molecule has 4 aliphatic carbocycles. The average molecular weight is 647 g/mol. The summed E-state index contributed by atoms with van der Waals surface area (Å²) in [4.78, 5) is 0. The van der Waals surface area contributed by atoms with Gasteiger partial charge in [-0.15, -0.1) is 7.26 Å². The standard InChI is InChI=1S/C19H30O2.2H2O7S2/c1-18-9-7-13(20)11-12(18)3-4-14-15-5-6-17(21)19(15,2)10-8-16(14)18;2*1-8(2,3)7-9(4,5)6/h11,13-17,20-21H,3-10H2,1-2H3;2*(H,1,2,3)(H,4,5,6)/t13-,14-,15-,16-,17-,18-,19-;;/m0../s1. The summed E-state index contributed by atoms with van der Waals surface area (Å²) in [7, 11) is -20.5. The van der Waals surface area contributed by atoms with E-state index >= 15 is 0 Å². The Kier molecular flexibility index (Phi) is 10.4. The van der Waals surface area contributed by atoms with Crippen molar-refractivity contribution in [3.8, 4) is 0 Å². The Balaban J connectivity index is 0.000000249. The molecular weight excluding hydrogens is 612 g/mol. The van der Waals surface area contributed by atoms with E-state index in [0.717, 1.165) is 37.0 Å². The van der Waals surface area contributed by atoms with Gasteiger partial charge in [-0.25, -0.2) is 0 Å². The van der Waals surface area contributed by atoms with Crippen LogP contribution in [0.1, 0.15) is 65.2 Å². The number of rotatable bonds is 4. The summed E-state index contributed by atoms with van der Waals surface area (Å²) in [5, 5.41) is 20.4. The minimum Gasteiger partial charge on any atom is -0.393 e. The van der Waals surface area contributed by atoms with Crippen LogP contribution < -0.4 is 0 Å². The highest BCUT2D eigenvalue weighted by Crippen LogP contribution is 2.65. The van der Waals surface area contributed by atoms with Gasteiger partial charge < -0.3 is 10.2 Å². The van der Waals surface area contributed by atoms with Gasteiger partial charge in [-0.2, -0.15) is 33.7 Å². The van der Waals surface area contributed by atoms with Crippen molar-refractivity contribution in [3.05, 3.63) is 11.6 Å². The summed E-state index contributed by atoms with van der Waals surface area (Å²) in [5.41, 5.74) is 2.06. The molecule has 0 unspecified atom stereocenters. The second kappa shape index (κ2) is 11.8. The lowest BCUT2D eigenvalue weighted by Crippen LogP contribution is -2.51. The second-order valence-electron chi connectivity index (χ2n) is 10.6. The Labute approximate surface area is 228 Å². The molecule has 4 rings (SSSR count). The highest BCUT2D eigenvalue weighted by molar-refractivity contribution is 7.94. The quantitative estimate of drug-likeness (QED) is 0.183. The van der Waals surface area contributed by atoms with E-state index < -0.39 is 41.6 Å². The zero-order valence-corrected chi connectivity index (χ0v) is 24.3. The zero-order chi connectivity index (χ0) is 30.2. The van der Waals surface area contributed by atoms with Gasteiger partial charge >= 0.3 is 41.6 Å². The number of aliphatic hydroxyl groups excluding tert-OH is 2. The molecule has 0 aliphatic heterocycles. The van der Waals surface area contributed by atoms with Gasteiger partial charge in [0.15, 0.2) is 0 Å². The van der Waals surface area contributed by atoms with Crippen molar-refractivity contribution >= 4 is 41.6 Å². The Hall–Kier alpha value is -0.780. The van der Waals surface area contributed by atoms with Gasteiger partial charge in [0.2, 0.25) is 0 Å². The minimum absolute atomic E-state index is 0.0682. The van der Waals surface area contributed by atoms with Gasteiger partial charge in [-0.05, 0) is 80.0 Å². The van der Waals surface area contributed by atoms with Crippen molar-refractivity contribution in [3.63, 3.8) is 0 Å². The normalized spacial score (nSPS) is 36.5. The molecule has 0 bridgehead atoms. The lowest BCUT2D eigenvalue weighted by atomic mass is 9.47. The molecular formula is C19H34O16S4. The Bertz CT molecular complexity index is 1230.